The summed E-state index contributed by atoms with van der Waals surface area (Å²) in [7, 11) is 0. The Morgan fingerprint density at radius 1 is 0.824 bits per heavy atom. The van der Waals surface area contributed by atoms with Crippen LogP contribution in [0.1, 0.15) is 0 Å². The highest BCUT2D eigenvalue weighted by atomic mass is 36.1. The van der Waals surface area contributed by atoms with Crippen LogP contribution in [-0.2, 0) is 0 Å². The van der Waals surface area contributed by atoms with Crippen LogP contribution in [0, 0.1) is 0 Å². The molecule has 0 bridgehead atoms. The predicted octanol–water partition coefficient (Wildman–Crippen LogP) is 6.23. The fraction of sp³-hybridized carbons (Fsp3) is 1.00. The Balaban J connectivity index is -0.000000440. The van der Waals surface area contributed by atoms with E-state index in [1.165, 1.54) is 0 Å². The quantitative estimate of drug-likeness (QED) is 0.221. The SMILES string of the molecule is ClCCl.ClP(Cl)(Cl)=NP(Cl)(Cl)=[N+]=P(Cl)(Cl)Cl.[Cl-]. The van der Waals surface area contributed by atoms with E-state index in [2.05, 4.69) is 8.69 Å². The lowest BCUT2D eigenvalue weighted by atomic mass is 11.9. The summed E-state index contributed by atoms with van der Waals surface area (Å²) >= 11 is 53.1. The van der Waals surface area contributed by atoms with E-state index in [0.29, 0.717) is 0 Å². The van der Waals surface area contributed by atoms with Crippen LogP contribution in [0.25, 0.3) is 0 Å². The van der Waals surface area contributed by atoms with Crippen molar-refractivity contribution in [2.45, 2.75) is 0 Å². The number of halogens is 11. The predicted molar refractivity (Wildman–Crippen MR) is 88.7 cm³/mol. The molecule has 0 aliphatic heterocycles. The molecule has 0 radical (unpaired) electrons. The highest BCUT2D eigenvalue weighted by Crippen LogP contribution is 2.76. The van der Waals surface area contributed by atoms with E-state index in [1.54, 1.807) is 0 Å². The third-order valence-corrected chi connectivity index (χ3v) is 9.85. The second-order valence-corrected chi connectivity index (χ2v) is 21.7. The lowest BCUT2D eigenvalue weighted by Crippen LogP contribution is -3.00. The number of hydrogen-bond donors (Lipinski definition) is 0. The van der Waals surface area contributed by atoms with Crippen molar-refractivity contribution in [3.05, 3.63) is 0 Å². The van der Waals surface area contributed by atoms with Gasteiger partial charge in [0.05, 0.1) is 5.34 Å². The van der Waals surface area contributed by atoms with Crippen molar-refractivity contribution >= 4 is 129 Å². The van der Waals surface area contributed by atoms with Gasteiger partial charge in [0.2, 0.25) is 5.11 Å². The van der Waals surface area contributed by atoms with Crippen molar-refractivity contribution in [3.8, 4) is 0 Å². The van der Waals surface area contributed by atoms with E-state index in [1.807, 2.05) is 0 Å². The zero-order chi connectivity index (χ0) is 13.6. The van der Waals surface area contributed by atoms with Crippen LogP contribution in [0.4, 0.5) is 0 Å². The fourth-order valence-corrected chi connectivity index (χ4v) is 15.4. The molecule has 108 valence electrons. The first kappa shape index (κ1) is 25.9. The molecule has 0 aromatic rings. The maximum absolute atomic E-state index is 5.60. The molecule has 2 nitrogen and oxygen atoms in total. The Labute approximate surface area is 154 Å². The Bertz CT molecular complexity index is 348. The maximum Gasteiger partial charge on any atom is 0.507 e. The first-order valence-corrected chi connectivity index (χ1v) is 16.2. The van der Waals surface area contributed by atoms with Crippen molar-refractivity contribution in [1.29, 1.82) is 0 Å². The molecule has 0 aromatic carbocycles. The van der Waals surface area contributed by atoms with Gasteiger partial charge in [-0.25, -0.2) is 0 Å². The molecule has 0 fully saturated rings. The van der Waals surface area contributed by atoms with Crippen molar-refractivity contribution < 1.29 is 12.4 Å². The highest BCUT2D eigenvalue weighted by molar-refractivity contribution is 8.31. The van der Waals surface area contributed by atoms with Gasteiger partial charge in [0.25, 0.3) is 0 Å². The van der Waals surface area contributed by atoms with Crippen molar-refractivity contribution in [2.24, 2.45) is 4.52 Å². The van der Waals surface area contributed by atoms with Gasteiger partial charge in [-0.05, 0) is 33.7 Å². The Morgan fingerprint density at radius 3 is 1.29 bits per heavy atom. The highest BCUT2D eigenvalue weighted by Gasteiger charge is 2.31. The number of alkyl halides is 2. The summed E-state index contributed by atoms with van der Waals surface area (Å²) in [6, 6.07) is 0. The molecular weight excluding hydrogens is 523 g/mol. The molecule has 0 saturated heterocycles. The molecule has 0 heterocycles. The minimum atomic E-state index is -3.18. The Kier molecular flexibility index (Phi) is 17.6. The van der Waals surface area contributed by atoms with Gasteiger partial charge in [-0.1, -0.05) is 4.17 Å². The van der Waals surface area contributed by atoms with Gasteiger partial charge < -0.3 is 12.4 Å². The van der Waals surface area contributed by atoms with E-state index in [4.69, 9.17) is 113 Å². The summed E-state index contributed by atoms with van der Waals surface area (Å²) in [5.74, 6) is -3.18. The second-order valence-electron chi connectivity index (χ2n) is 1.57. The zero-order valence-electron chi connectivity index (χ0n) is 7.10. The molecule has 17 heavy (non-hydrogen) atoms. The van der Waals surface area contributed by atoms with Crippen LogP contribution in [0.5, 0.6) is 0 Å². The summed E-state index contributed by atoms with van der Waals surface area (Å²) in [4.78, 5) is 0. The average Bonchev–Trinajstić information content (AvgIpc) is 1.73. The lowest BCUT2D eigenvalue weighted by molar-refractivity contribution is -0.00000277. The van der Waals surface area contributed by atoms with Gasteiger partial charge in [0.1, 0.15) is 0 Å². The summed E-state index contributed by atoms with van der Waals surface area (Å²) in [6.07, 6.45) is 0. The minimum Gasteiger partial charge on any atom is -1.00 e. The smallest absolute Gasteiger partial charge is 0.507 e. The molecule has 0 unspecified atom stereocenters. The zero-order valence-corrected chi connectivity index (χ0v) is 18.1. The molecule has 0 amide bonds. The minimum absolute atomic E-state index is 0. The molecule has 0 spiro atoms. The van der Waals surface area contributed by atoms with Gasteiger partial charge in [0, 0.05) is 56.2 Å². The topological polar surface area (TPSA) is 26.5 Å². The van der Waals surface area contributed by atoms with Crippen LogP contribution in [-0.4, -0.2) is 5.34 Å². The Hall–Kier alpha value is 3.99. The van der Waals surface area contributed by atoms with Crippen LogP contribution in [0.15, 0.2) is 4.52 Å². The molecule has 0 atom stereocenters. The van der Waals surface area contributed by atoms with Gasteiger partial charge >= 0.3 is 11.0 Å². The number of hydrogen-bond acceptors (Lipinski definition) is 0. The van der Waals surface area contributed by atoms with Crippen LogP contribution >= 0.6 is 129 Å². The first-order valence-electron chi connectivity index (χ1n) is 2.69. The maximum atomic E-state index is 5.60. The summed E-state index contributed by atoms with van der Waals surface area (Å²) in [5, 5.41) is -5.90. The van der Waals surface area contributed by atoms with E-state index in [9.17, 15) is 0 Å². The number of rotatable bonds is 1. The third kappa shape index (κ3) is 25.3. The van der Waals surface area contributed by atoms with E-state index < -0.39 is 16.1 Å². The van der Waals surface area contributed by atoms with E-state index in [0.717, 1.165) is 0 Å². The standard InChI is InChI=1S/CH2Cl2.Cl8N2P3.ClH/c2-1-3;1-11(2,3)9-13(7,8)10-12(4,5)6;/h1H2;;1H/q;+1;/p-1. The fourth-order valence-electron chi connectivity index (χ4n) is 0.262. The molecule has 0 aromatic heterocycles. The van der Waals surface area contributed by atoms with Crippen molar-refractivity contribution in [2.75, 3.05) is 5.34 Å². The largest absolute Gasteiger partial charge is 1.00 e. The summed E-state index contributed by atoms with van der Waals surface area (Å²) in [5.41, 5.74) is 0. The molecular formula is CH2Cl11N2P3. The molecule has 0 N–H and O–H groups in total. The monoisotopic (exact) mass is 520 g/mol. The first-order chi connectivity index (χ1) is 6.83. The molecule has 0 saturated carbocycles. The lowest BCUT2D eigenvalue weighted by Gasteiger charge is -1.94. The number of nitrogens with zero attached hydrogens (tertiary/aromatic N) is 2. The second kappa shape index (κ2) is 11.5. The van der Waals surface area contributed by atoms with Gasteiger partial charge in [-0.2, -0.15) is 0 Å². The van der Waals surface area contributed by atoms with E-state index >= 15 is 0 Å². The van der Waals surface area contributed by atoms with Gasteiger partial charge in [-0.15, -0.1) is 27.7 Å². The molecule has 0 aliphatic rings. The van der Waals surface area contributed by atoms with Crippen LogP contribution in [0.2, 0.25) is 0 Å². The average molecular weight is 525 g/mol. The van der Waals surface area contributed by atoms with Crippen LogP contribution in [0.3, 0.4) is 0 Å². The molecule has 0 aliphatic carbocycles. The van der Waals surface area contributed by atoms with Gasteiger partial charge in [0.15, 0.2) is 0 Å². The summed E-state index contributed by atoms with van der Waals surface area (Å²) < 4.78 is 6.97. The normalized spacial score (nSPS) is 11.6. The van der Waals surface area contributed by atoms with Crippen molar-refractivity contribution in [3.63, 3.8) is 0 Å². The third-order valence-electron chi connectivity index (χ3n) is 0.418. The summed E-state index contributed by atoms with van der Waals surface area (Å²) in [6.45, 7) is 0. The Morgan fingerprint density at radius 2 is 1.12 bits per heavy atom. The van der Waals surface area contributed by atoms with Crippen molar-refractivity contribution in [1.82, 2.24) is 4.17 Å². The van der Waals surface area contributed by atoms with E-state index in [-0.39, 0.29) is 17.7 Å². The molecule has 16 heteroatoms. The molecule has 0 rings (SSSR count). The van der Waals surface area contributed by atoms with Crippen LogP contribution < -0.4 is 16.6 Å². The van der Waals surface area contributed by atoms with Gasteiger partial charge in [-0.3, -0.25) is 0 Å².